The Bertz CT molecular complexity index is 109. The van der Waals surface area contributed by atoms with Gasteiger partial charge in [0.2, 0.25) is 0 Å². The van der Waals surface area contributed by atoms with Gasteiger partial charge in [-0.1, -0.05) is 6.58 Å². The molecule has 0 aromatic rings. The molecule has 0 aliphatic rings. The standard InChI is InChI=1S/C5H7ClO2/c1-3-8-4(2)5(6)7/h2-3H2,1H3. The van der Waals surface area contributed by atoms with Gasteiger partial charge in [0.25, 0.3) is 5.24 Å². The molecule has 0 N–H and O–H groups in total. The monoisotopic (exact) mass is 134 g/mol. The van der Waals surface area contributed by atoms with Gasteiger partial charge in [-0.3, -0.25) is 4.79 Å². The molecule has 3 heteroatoms. The molecular weight excluding hydrogens is 128 g/mol. The van der Waals surface area contributed by atoms with Crippen molar-refractivity contribution in [2.24, 2.45) is 0 Å². The van der Waals surface area contributed by atoms with Crippen molar-refractivity contribution in [1.82, 2.24) is 0 Å². The molecule has 0 aromatic carbocycles. The maximum absolute atomic E-state index is 10.1. The second-order valence-electron chi connectivity index (χ2n) is 1.13. The van der Waals surface area contributed by atoms with Gasteiger partial charge in [0.05, 0.1) is 6.61 Å². The van der Waals surface area contributed by atoms with Crippen LogP contribution >= 0.6 is 11.6 Å². The second kappa shape index (κ2) is 3.50. The highest BCUT2D eigenvalue weighted by molar-refractivity contribution is 6.67. The van der Waals surface area contributed by atoms with Crippen molar-refractivity contribution in [3.05, 3.63) is 12.3 Å². The lowest BCUT2D eigenvalue weighted by Gasteiger charge is -1.97. The zero-order chi connectivity index (χ0) is 6.57. The van der Waals surface area contributed by atoms with Crippen LogP contribution in [0.5, 0.6) is 0 Å². The van der Waals surface area contributed by atoms with Gasteiger partial charge in [0.1, 0.15) is 0 Å². The van der Waals surface area contributed by atoms with Gasteiger partial charge in [0, 0.05) is 0 Å². The average molecular weight is 135 g/mol. The Hall–Kier alpha value is -0.500. The number of allylic oxidation sites excluding steroid dienone is 1. The molecule has 8 heavy (non-hydrogen) atoms. The summed E-state index contributed by atoms with van der Waals surface area (Å²) in [7, 11) is 0. The zero-order valence-corrected chi connectivity index (χ0v) is 5.36. The van der Waals surface area contributed by atoms with Gasteiger partial charge in [-0.25, -0.2) is 0 Å². The zero-order valence-electron chi connectivity index (χ0n) is 4.61. The fourth-order valence-corrected chi connectivity index (χ4v) is 0.286. The third-order valence-electron chi connectivity index (χ3n) is 0.538. The number of carbonyl (C=O) groups is 1. The van der Waals surface area contributed by atoms with E-state index in [1.807, 2.05) is 0 Å². The highest BCUT2D eigenvalue weighted by atomic mass is 35.5. The Labute approximate surface area is 53.1 Å². The number of rotatable bonds is 3. The van der Waals surface area contributed by atoms with Gasteiger partial charge in [-0.2, -0.15) is 0 Å². The van der Waals surface area contributed by atoms with Crippen LogP contribution in [0.25, 0.3) is 0 Å². The first kappa shape index (κ1) is 7.50. The summed E-state index contributed by atoms with van der Waals surface area (Å²) in [5.74, 6) is 0.00849. The first-order valence-corrected chi connectivity index (χ1v) is 2.57. The second-order valence-corrected chi connectivity index (χ2v) is 1.47. The molecule has 0 unspecified atom stereocenters. The Morgan fingerprint density at radius 3 is 2.50 bits per heavy atom. The molecule has 0 bridgehead atoms. The van der Waals surface area contributed by atoms with Crippen LogP contribution in [0.2, 0.25) is 0 Å². The van der Waals surface area contributed by atoms with Crippen LogP contribution in [-0.4, -0.2) is 11.8 Å². The number of hydrogen-bond donors (Lipinski definition) is 0. The van der Waals surface area contributed by atoms with E-state index >= 15 is 0 Å². The topological polar surface area (TPSA) is 26.3 Å². The number of hydrogen-bond acceptors (Lipinski definition) is 2. The van der Waals surface area contributed by atoms with Crippen molar-refractivity contribution >= 4 is 16.8 Å². The van der Waals surface area contributed by atoms with Crippen LogP contribution in [0, 0.1) is 0 Å². The van der Waals surface area contributed by atoms with Gasteiger partial charge >= 0.3 is 0 Å². The van der Waals surface area contributed by atoms with E-state index in [9.17, 15) is 4.79 Å². The van der Waals surface area contributed by atoms with E-state index in [0.717, 1.165) is 0 Å². The minimum Gasteiger partial charge on any atom is -0.489 e. The first-order chi connectivity index (χ1) is 3.68. The van der Waals surface area contributed by atoms with Gasteiger partial charge < -0.3 is 4.74 Å². The van der Waals surface area contributed by atoms with Gasteiger partial charge in [0.15, 0.2) is 5.76 Å². The largest absolute Gasteiger partial charge is 0.489 e. The molecule has 0 aliphatic carbocycles. The van der Waals surface area contributed by atoms with Gasteiger partial charge in [-0.05, 0) is 18.5 Å². The van der Waals surface area contributed by atoms with Crippen molar-refractivity contribution in [1.29, 1.82) is 0 Å². The summed E-state index contributed by atoms with van der Waals surface area (Å²) in [5.41, 5.74) is 0. The number of halogens is 1. The summed E-state index contributed by atoms with van der Waals surface area (Å²) >= 11 is 4.94. The molecule has 0 rings (SSSR count). The van der Waals surface area contributed by atoms with Gasteiger partial charge in [-0.15, -0.1) is 0 Å². The average Bonchev–Trinajstić information content (AvgIpc) is 1.67. The summed E-state index contributed by atoms with van der Waals surface area (Å²) in [6.07, 6.45) is 0. The lowest BCUT2D eigenvalue weighted by molar-refractivity contribution is -0.111. The molecule has 0 heterocycles. The molecule has 2 nitrogen and oxygen atoms in total. The van der Waals surface area contributed by atoms with E-state index in [4.69, 9.17) is 11.6 Å². The summed E-state index contributed by atoms with van der Waals surface area (Å²) in [5, 5.41) is -0.633. The minimum absolute atomic E-state index is 0.00849. The molecule has 0 atom stereocenters. The predicted octanol–water partition coefficient (Wildman–Crippen LogP) is 1.30. The van der Waals surface area contributed by atoms with Crippen molar-refractivity contribution in [3.8, 4) is 0 Å². The van der Waals surface area contributed by atoms with E-state index in [2.05, 4.69) is 11.3 Å². The quantitative estimate of drug-likeness (QED) is 0.331. The molecule has 0 aromatic heterocycles. The SMILES string of the molecule is C=C(OCC)C(=O)Cl. The van der Waals surface area contributed by atoms with E-state index in [1.54, 1.807) is 6.92 Å². The van der Waals surface area contributed by atoms with Crippen molar-refractivity contribution in [2.45, 2.75) is 6.92 Å². The van der Waals surface area contributed by atoms with Crippen LogP contribution in [0.3, 0.4) is 0 Å². The lowest BCUT2D eigenvalue weighted by Crippen LogP contribution is -1.96. The number of carbonyl (C=O) groups excluding carboxylic acids is 1. The van der Waals surface area contributed by atoms with Crippen LogP contribution in [0.4, 0.5) is 0 Å². The molecule has 0 saturated heterocycles. The predicted molar refractivity (Wildman–Crippen MR) is 31.6 cm³/mol. The van der Waals surface area contributed by atoms with Crippen LogP contribution in [-0.2, 0) is 9.53 Å². The number of ether oxygens (including phenoxy) is 1. The minimum atomic E-state index is -0.633. The molecule has 46 valence electrons. The molecular formula is C5H7ClO2. The highest BCUT2D eigenvalue weighted by Gasteiger charge is 1.99. The van der Waals surface area contributed by atoms with Crippen molar-refractivity contribution in [2.75, 3.05) is 6.61 Å². The Balaban J connectivity index is 3.49. The highest BCUT2D eigenvalue weighted by Crippen LogP contribution is 1.97. The summed E-state index contributed by atoms with van der Waals surface area (Å²) < 4.78 is 4.63. The normalized spacial score (nSPS) is 8.25. The van der Waals surface area contributed by atoms with E-state index in [0.29, 0.717) is 6.61 Å². The van der Waals surface area contributed by atoms with Crippen LogP contribution < -0.4 is 0 Å². The fraction of sp³-hybridized carbons (Fsp3) is 0.400. The molecule has 0 saturated carbocycles. The fourth-order valence-electron chi connectivity index (χ4n) is 0.231. The summed E-state index contributed by atoms with van der Waals surface area (Å²) in [6.45, 7) is 5.42. The molecule has 0 radical (unpaired) electrons. The molecule has 0 fully saturated rings. The third kappa shape index (κ3) is 2.64. The van der Waals surface area contributed by atoms with Crippen molar-refractivity contribution < 1.29 is 9.53 Å². The Morgan fingerprint density at radius 1 is 1.88 bits per heavy atom. The lowest BCUT2D eigenvalue weighted by atomic mass is 10.6. The Kier molecular flexibility index (Phi) is 3.28. The summed E-state index contributed by atoms with van der Waals surface area (Å²) in [4.78, 5) is 10.1. The van der Waals surface area contributed by atoms with Crippen molar-refractivity contribution in [3.63, 3.8) is 0 Å². The van der Waals surface area contributed by atoms with Crippen LogP contribution in [0.1, 0.15) is 6.92 Å². The van der Waals surface area contributed by atoms with Crippen LogP contribution in [0.15, 0.2) is 12.3 Å². The van der Waals surface area contributed by atoms with E-state index < -0.39 is 5.24 Å². The smallest absolute Gasteiger partial charge is 0.286 e. The summed E-state index contributed by atoms with van der Waals surface area (Å²) in [6, 6.07) is 0. The molecule has 0 aliphatic heterocycles. The maximum atomic E-state index is 10.1. The Morgan fingerprint density at radius 2 is 2.38 bits per heavy atom. The van der Waals surface area contributed by atoms with E-state index in [1.165, 1.54) is 0 Å². The molecule has 0 spiro atoms. The first-order valence-electron chi connectivity index (χ1n) is 2.20. The maximum Gasteiger partial charge on any atom is 0.286 e. The van der Waals surface area contributed by atoms with E-state index in [-0.39, 0.29) is 5.76 Å². The molecule has 0 amide bonds. The third-order valence-corrected chi connectivity index (χ3v) is 0.749.